The summed E-state index contributed by atoms with van der Waals surface area (Å²) in [4.78, 5) is 31.2. The number of carbonyl (C=O) groups excluding carboxylic acids is 1. The molecule has 0 amide bonds. The largest absolute Gasteiger partial charge is 0.481 e. The molecule has 0 aromatic carbocycles. The first-order chi connectivity index (χ1) is 23.3. The zero-order valence-electron chi connectivity index (χ0n) is 32.5. The van der Waals surface area contributed by atoms with Crippen LogP contribution in [0.5, 0.6) is 0 Å². The van der Waals surface area contributed by atoms with Gasteiger partial charge in [0.1, 0.15) is 0 Å². The number of carboxylic acid groups (broad SMARTS) is 1. The lowest BCUT2D eigenvalue weighted by atomic mass is 9.91. The third kappa shape index (κ3) is 26.7. The van der Waals surface area contributed by atoms with Crippen LogP contribution in [0, 0.1) is 5.92 Å². The van der Waals surface area contributed by atoms with Crippen molar-refractivity contribution >= 4 is 11.9 Å². The number of aliphatic carboxylic acids is 1. The Morgan fingerprint density at radius 1 is 0.625 bits per heavy atom. The monoisotopic (exact) mass is 680 g/mol. The topological polar surface area (TPSA) is 73.3 Å². The predicted molar refractivity (Wildman–Crippen MR) is 204 cm³/mol. The maximum Gasteiger partial charge on any atom is 0.305 e. The van der Waals surface area contributed by atoms with Crippen LogP contribution in [-0.4, -0.2) is 97.8 Å². The van der Waals surface area contributed by atoms with Gasteiger partial charge in [-0.2, -0.15) is 0 Å². The normalized spacial score (nSPS) is 14.2. The van der Waals surface area contributed by atoms with Gasteiger partial charge in [-0.15, -0.1) is 0 Å². The zero-order chi connectivity index (χ0) is 35.1. The number of esters is 1. The number of carboxylic acids is 1. The summed E-state index contributed by atoms with van der Waals surface area (Å²) in [7, 11) is 4.33. The Bertz CT molecular complexity index is 745. The maximum absolute atomic E-state index is 12.6. The van der Waals surface area contributed by atoms with Crippen LogP contribution in [0.1, 0.15) is 181 Å². The molecular weight excluding hydrogens is 598 g/mol. The molecule has 48 heavy (non-hydrogen) atoms. The number of ether oxygens (including phenoxy) is 1. The fraction of sp³-hybridized carbons (Fsp3) is 0.951. The van der Waals surface area contributed by atoms with Crippen molar-refractivity contribution in [3.8, 4) is 0 Å². The van der Waals surface area contributed by atoms with Crippen molar-refractivity contribution in [1.29, 1.82) is 0 Å². The first-order valence-electron chi connectivity index (χ1n) is 20.8. The molecular formula is C41H81N3O4. The quantitative estimate of drug-likeness (QED) is 0.0522. The molecule has 1 N–H and O–H groups in total. The summed E-state index contributed by atoms with van der Waals surface area (Å²) < 4.78 is 5.83. The molecule has 1 unspecified atom stereocenters. The van der Waals surface area contributed by atoms with E-state index in [-0.39, 0.29) is 5.97 Å². The molecule has 0 bridgehead atoms. The molecule has 7 nitrogen and oxygen atoms in total. The molecule has 1 saturated carbocycles. The highest BCUT2D eigenvalue weighted by molar-refractivity contribution is 5.69. The lowest BCUT2D eigenvalue weighted by Gasteiger charge is -2.39. The Morgan fingerprint density at radius 2 is 1.17 bits per heavy atom. The van der Waals surface area contributed by atoms with Crippen LogP contribution in [0.25, 0.3) is 0 Å². The average molecular weight is 680 g/mol. The minimum Gasteiger partial charge on any atom is -0.481 e. The van der Waals surface area contributed by atoms with E-state index in [2.05, 4.69) is 42.6 Å². The van der Waals surface area contributed by atoms with E-state index in [4.69, 9.17) is 9.84 Å². The van der Waals surface area contributed by atoms with Crippen molar-refractivity contribution in [1.82, 2.24) is 14.7 Å². The molecule has 284 valence electrons. The Morgan fingerprint density at radius 3 is 1.73 bits per heavy atom. The molecule has 1 fully saturated rings. The highest BCUT2D eigenvalue weighted by Crippen LogP contribution is 2.25. The van der Waals surface area contributed by atoms with Gasteiger partial charge in [-0.25, -0.2) is 0 Å². The van der Waals surface area contributed by atoms with E-state index >= 15 is 0 Å². The third-order valence-corrected chi connectivity index (χ3v) is 10.5. The molecule has 0 heterocycles. The minimum atomic E-state index is -0.680. The van der Waals surface area contributed by atoms with Gasteiger partial charge in [-0.1, -0.05) is 110 Å². The number of rotatable bonds is 36. The van der Waals surface area contributed by atoms with Crippen LogP contribution in [0.4, 0.5) is 0 Å². The van der Waals surface area contributed by atoms with Gasteiger partial charge in [0, 0.05) is 32.0 Å². The van der Waals surface area contributed by atoms with Crippen molar-refractivity contribution < 1.29 is 19.4 Å². The zero-order valence-corrected chi connectivity index (χ0v) is 32.5. The third-order valence-electron chi connectivity index (χ3n) is 10.5. The van der Waals surface area contributed by atoms with E-state index in [9.17, 15) is 9.59 Å². The van der Waals surface area contributed by atoms with Crippen molar-refractivity contribution in [2.75, 3.05) is 60.0 Å². The van der Waals surface area contributed by atoms with Gasteiger partial charge in [0.15, 0.2) is 0 Å². The summed E-state index contributed by atoms with van der Waals surface area (Å²) in [6.07, 6.45) is 30.1. The summed E-state index contributed by atoms with van der Waals surface area (Å²) in [5, 5.41) is 8.94. The molecule has 0 aliphatic heterocycles. The molecule has 0 aromatic heterocycles. The number of hydrogen-bond donors (Lipinski definition) is 1. The molecule has 0 radical (unpaired) electrons. The van der Waals surface area contributed by atoms with E-state index in [1.807, 2.05) is 0 Å². The molecule has 0 saturated heterocycles. The molecule has 0 aromatic rings. The molecule has 1 atom stereocenters. The average Bonchev–Trinajstić information content (AvgIpc) is 3.03. The first kappa shape index (κ1) is 44.8. The van der Waals surface area contributed by atoms with Crippen LogP contribution in [0.3, 0.4) is 0 Å². The van der Waals surface area contributed by atoms with Crippen molar-refractivity contribution in [2.24, 2.45) is 5.92 Å². The minimum absolute atomic E-state index is 0.00591. The van der Waals surface area contributed by atoms with E-state index in [1.54, 1.807) is 0 Å². The second-order valence-corrected chi connectivity index (χ2v) is 15.3. The van der Waals surface area contributed by atoms with Crippen LogP contribution in [-0.2, 0) is 14.3 Å². The summed E-state index contributed by atoms with van der Waals surface area (Å²) in [5.74, 6) is -0.138. The smallest absolute Gasteiger partial charge is 0.305 e. The highest BCUT2D eigenvalue weighted by Gasteiger charge is 2.24. The van der Waals surface area contributed by atoms with Crippen molar-refractivity contribution in [3.05, 3.63) is 0 Å². The van der Waals surface area contributed by atoms with Gasteiger partial charge in [-0.3, -0.25) is 14.5 Å². The first-order valence-corrected chi connectivity index (χ1v) is 20.8. The summed E-state index contributed by atoms with van der Waals surface area (Å²) in [6, 6.07) is 0.775. The summed E-state index contributed by atoms with van der Waals surface area (Å²) in [6.45, 7) is 12.0. The molecule has 1 aliphatic rings. The Kier molecular flexibility index (Phi) is 29.7. The van der Waals surface area contributed by atoms with Gasteiger partial charge in [0.25, 0.3) is 0 Å². The fourth-order valence-corrected chi connectivity index (χ4v) is 7.01. The van der Waals surface area contributed by atoms with E-state index in [0.717, 1.165) is 83.7 Å². The van der Waals surface area contributed by atoms with Crippen LogP contribution in [0.2, 0.25) is 0 Å². The van der Waals surface area contributed by atoms with E-state index < -0.39 is 5.97 Å². The molecule has 1 rings (SSSR count). The second kappa shape index (κ2) is 31.8. The second-order valence-electron chi connectivity index (χ2n) is 15.3. The van der Waals surface area contributed by atoms with Gasteiger partial charge in [0.05, 0.1) is 6.61 Å². The van der Waals surface area contributed by atoms with E-state index in [0.29, 0.717) is 25.4 Å². The highest BCUT2D eigenvalue weighted by atomic mass is 16.5. The summed E-state index contributed by atoms with van der Waals surface area (Å²) >= 11 is 0. The van der Waals surface area contributed by atoms with Gasteiger partial charge in [0.2, 0.25) is 0 Å². The fourth-order valence-electron chi connectivity index (χ4n) is 7.01. The molecule has 0 spiro atoms. The number of hydrogen-bond acceptors (Lipinski definition) is 6. The maximum atomic E-state index is 12.6. The Hall–Kier alpha value is -1.18. The summed E-state index contributed by atoms with van der Waals surface area (Å²) in [5.41, 5.74) is 0. The SMILES string of the molecule is CCCCCCCCC(CCCCCC)COC(=O)CCCCCCN(CCCCCCC(=O)O)CCN(CCCN(C)C)C1CCC1. The van der Waals surface area contributed by atoms with Crippen molar-refractivity contribution in [2.45, 2.75) is 187 Å². The number of carbonyl (C=O) groups is 2. The molecule has 1 aliphatic carbocycles. The van der Waals surface area contributed by atoms with Gasteiger partial charge >= 0.3 is 11.9 Å². The molecule has 7 heteroatoms. The van der Waals surface area contributed by atoms with Gasteiger partial charge in [-0.05, 0) is 104 Å². The Balaban J connectivity index is 2.39. The lowest BCUT2D eigenvalue weighted by molar-refractivity contribution is -0.145. The van der Waals surface area contributed by atoms with Gasteiger partial charge < -0.3 is 19.6 Å². The van der Waals surface area contributed by atoms with Crippen molar-refractivity contribution in [3.63, 3.8) is 0 Å². The lowest BCUT2D eigenvalue weighted by Crippen LogP contribution is -2.45. The Labute approximate surface area is 298 Å². The predicted octanol–water partition coefficient (Wildman–Crippen LogP) is 9.96. The number of unbranched alkanes of at least 4 members (excludes halogenated alkanes) is 14. The van der Waals surface area contributed by atoms with Crippen LogP contribution >= 0.6 is 0 Å². The van der Waals surface area contributed by atoms with Crippen LogP contribution in [0.15, 0.2) is 0 Å². The number of nitrogens with zero attached hydrogens (tertiary/aromatic N) is 3. The standard InChI is InChI=1S/C41H81N3O4/c1-5-7-9-11-12-18-26-38(25-17-10-8-6-2)37-48-41(47)30-20-14-16-22-33-43(32-21-15-13-19-29-40(45)46)35-36-44(39-27-23-28-39)34-24-31-42(3)4/h38-39H,5-37H2,1-4H3,(H,45,46). The van der Waals surface area contributed by atoms with Crippen LogP contribution < -0.4 is 0 Å². The van der Waals surface area contributed by atoms with E-state index in [1.165, 1.54) is 116 Å².